The summed E-state index contributed by atoms with van der Waals surface area (Å²) in [4.78, 5) is 0. The van der Waals surface area contributed by atoms with Crippen molar-refractivity contribution in [1.82, 2.24) is 0 Å². The third-order valence-corrected chi connectivity index (χ3v) is 10.0. The Kier molecular flexibility index (Phi) is 5.42. The minimum absolute atomic E-state index is 0.176. The van der Waals surface area contributed by atoms with E-state index in [1.807, 2.05) is 25.6 Å². The van der Waals surface area contributed by atoms with Gasteiger partial charge in [0.05, 0.1) is 17.8 Å². The third-order valence-electron chi connectivity index (χ3n) is 8.42. The highest BCUT2D eigenvalue weighted by Crippen LogP contribution is 2.64. The Balaban J connectivity index is 1.59. The summed E-state index contributed by atoms with van der Waals surface area (Å²) in [5, 5.41) is 31.7. The summed E-state index contributed by atoms with van der Waals surface area (Å²) >= 11 is 1.86. The van der Waals surface area contributed by atoms with Crippen LogP contribution in [0.5, 0.6) is 0 Å². The summed E-state index contributed by atoms with van der Waals surface area (Å²) < 4.78 is 0. The van der Waals surface area contributed by atoms with Crippen LogP contribution in [0, 0.1) is 22.7 Å². The van der Waals surface area contributed by atoms with E-state index >= 15 is 0 Å². The summed E-state index contributed by atoms with van der Waals surface area (Å²) in [6, 6.07) is 0. The van der Waals surface area contributed by atoms with Gasteiger partial charge in [-0.05, 0) is 63.7 Å². The fraction of sp³-hybridized carbons (Fsp3) is 0.760. The van der Waals surface area contributed by atoms with E-state index in [-0.39, 0.29) is 10.8 Å². The maximum absolute atomic E-state index is 11.0. The van der Waals surface area contributed by atoms with E-state index in [1.165, 1.54) is 11.1 Å². The van der Waals surface area contributed by atoms with E-state index in [0.29, 0.717) is 29.9 Å². The van der Waals surface area contributed by atoms with Crippen LogP contribution in [0.25, 0.3) is 0 Å². The van der Waals surface area contributed by atoms with Crippen molar-refractivity contribution in [1.29, 1.82) is 0 Å². The fourth-order valence-electron chi connectivity index (χ4n) is 6.72. The van der Waals surface area contributed by atoms with Crippen LogP contribution in [0.1, 0.15) is 66.7 Å². The van der Waals surface area contributed by atoms with Gasteiger partial charge in [0.25, 0.3) is 0 Å². The Morgan fingerprint density at radius 2 is 1.93 bits per heavy atom. The molecule has 4 rings (SSSR count). The number of aliphatic hydroxyl groups is 3. The Morgan fingerprint density at radius 3 is 2.62 bits per heavy atom. The lowest BCUT2D eigenvalue weighted by atomic mass is 9.50. The van der Waals surface area contributed by atoms with Crippen molar-refractivity contribution < 1.29 is 15.3 Å². The van der Waals surface area contributed by atoms with Crippen LogP contribution in [-0.4, -0.2) is 44.1 Å². The lowest BCUT2D eigenvalue weighted by Gasteiger charge is -2.56. The second-order valence-electron chi connectivity index (χ2n) is 11.0. The molecule has 0 heterocycles. The third kappa shape index (κ3) is 3.48. The van der Waals surface area contributed by atoms with Gasteiger partial charge in [0.1, 0.15) is 0 Å². The molecule has 0 bridgehead atoms. The van der Waals surface area contributed by atoms with Crippen molar-refractivity contribution in [3.63, 3.8) is 0 Å². The first kappa shape index (κ1) is 21.7. The average molecular weight is 419 g/mol. The van der Waals surface area contributed by atoms with Gasteiger partial charge < -0.3 is 15.3 Å². The van der Waals surface area contributed by atoms with Crippen molar-refractivity contribution in [3.8, 4) is 0 Å². The van der Waals surface area contributed by atoms with Gasteiger partial charge in [-0.2, -0.15) is 11.8 Å². The standard InChI is InChI=1S/C25H38O3S/c1-15(29-14-23(2,3)28)19-8-9-20-18-7-6-16-12-17(26)13-22(27)25(16,5)21(18)10-11-24(19,20)4/h6-8,15,17,20-22,26-28H,9-14H2,1-5H3/t15?,17?,20-,21-,22?,24+,25-/m0/s1. The highest BCUT2D eigenvalue weighted by atomic mass is 32.2. The van der Waals surface area contributed by atoms with Crippen LogP contribution in [0.2, 0.25) is 0 Å². The summed E-state index contributed by atoms with van der Waals surface area (Å²) in [6.45, 7) is 10.7. The molecule has 0 aromatic rings. The zero-order chi connectivity index (χ0) is 21.2. The van der Waals surface area contributed by atoms with Crippen LogP contribution < -0.4 is 0 Å². The molecule has 0 aliphatic heterocycles. The topological polar surface area (TPSA) is 60.7 Å². The molecular weight excluding hydrogens is 380 g/mol. The number of hydrogen-bond donors (Lipinski definition) is 3. The molecule has 3 nitrogen and oxygen atoms in total. The van der Waals surface area contributed by atoms with E-state index in [9.17, 15) is 15.3 Å². The molecule has 3 N–H and O–H groups in total. The zero-order valence-electron chi connectivity index (χ0n) is 18.6. The van der Waals surface area contributed by atoms with Crippen molar-refractivity contribution in [2.45, 2.75) is 89.8 Å². The summed E-state index contributed by atoms with van der Waals surface area (Å²) in [5.41, 5.74) is 3.62. The maximum atomic E-state index is 11.0. The van der Waals surface area contributed by atoms with Crippen molar-refractivity contribution in [2.24, 2.45) is 22.7 Å². The minimum atomic E-state index is -0.639. The quantitative estimate of drug-likeness (QED) is 0.583. The molecule has 4 aliphatic carbocycles. The van der Waals surface area contributed by atoms with E-state index in [4.69, 9.17) is 0 Å². The molecule has 7 atom stereocenters. The first-order valence-corrected chi connectivity index (χ1v) is 12.3. The van der Waals surface area contributed by atoms with Crippen molar-refractivity contribution in [2.75, 3.05) is 5.75 Å². The van der Waals surface area contributed by atoms with Crippen molar-refractivity contribution >= 4 is 11.8 Å². The first-order chi connectivity index (χ1) is 13.5. The van der Waals surface area contributed by atoms with Crippen LogP contribution in [0.3, 0.4) is 0 Å². The van der Waals surface area contributed by atoms with Gasteiger partial charge in [-0.1, -0.05) is 48.8 Å². The van der Waals surface area contributed by atoms with E-state index in [0.717, 1.165) is 25.0 Å². The molecule has 2 fully saturated rings. The maximum Gasteiger partial charge on any atom is 0.0682 e. The number of hydrogen-bond acceptors (Lipinski definition) is 4. The second-order valence-corrected chi connectivity index (χ2v) is 12.3. The lowest BCUT2D eigenvalue weighted by Crippen LogP contribution is -2.52. The van der Waals surface area contributed by atoms with E-state index in [2.05, 4.69) is 39.0 Å². The molecule has 0 aromatic heterocycles. The molecule has 4 aliphatic rings. The summed E-state index contributed by atoms with van der Waals surface area (Å²) in [7, 11) is 0. The van der Waals surface area contributed by atoms with Gasteiger partial charge in [-0.25, -0.2) is 0 Å². The van der Waals surface area contributed by atoms with Crippen LogP contribution >= 0.6 is 11.8 Å². The minimum Gasteiger partial charge on any atom is -0.393 e. The molecule has 3 unspecified atom stereocenters. The largest absolute Gasteiger partial charge is 0.393 e. The SMILES string of the molecule is CC(SCC(C)(C)O)C1=CC[C@H]2C3=CC=C4CC(O)CC(O)[C@]4(C)[C@H]3CC[C@]12C. The van der Waals surface area contributed by atoms with E-state index in [1.54, 1.807) is 5.57 Å². The molecule has 0 saturated heterocycles. The highest BCUT2D eigenvalue weighted by molar-refractivity contribution is 8.00. The van der Waals surface area contributed by atoms with Gasteiger partial charge in [0.15, 0.2) is 0 Å². The second kappa shape index (κ2) is 7.25. The summed E-state index contributed by atoms with van der Waals surface area (Å²) in [5.74, 6) is 1.64. The smallest absolute Gasteiger partial charge is 0.0682 e. The Bertz CT molecular complexity index is 761. The van der Waals surface area contributed by atoms with Gasteiger partial charge in [-0.15, -0.1) is 0 Å². The van der Waals surface area contributed by atoms with Crippen molar-refractivity contribution in [3.05, 3.63) is 34.9 Å². The molecule has 162 valence electrons. The van der Waals surface area contributed by atoms with Gasteiger partial charge >= 0.3 is 0 Å². The zero-order valence-corrected chi connectivity index (χ0v) is 19.4. The Morgan fingerprint density at radius 1 is 1.21 bits per heavy atom. The van der Waals surface area contributed by atoms with E-state index < -0.39 is 17.8 Å². The first-order valence-electron chi connectivity index (χ1n) is 11.3. The number of thioether (sulfide) groups is 1. The molecule has 0 aromatic carbocycles. The normalized spacial score (nSPS) is 42.8. The Labute approximate surface area is 180 Å². The number of allylic oxidation sites excluding steroid dienone is 4. The van der Waals surface area contributed by atoms with Gasteiger partial charge in [0, 0.05) is 22.8 Å². The van der Waals surface area contributed by atoms with Gasteiger partial charge in [0.2, 0.25) is 0 Å². The predicted octanol–water partition coefficient (Wildman–Crippen LogP) is 4.63. The van der Waals surface area contributed by atoms with Crippen LogP contribution in [0.15, 0.2) is 34.9 Å². The van der Waals surface area contributed by atoms with Crippen LogP contribution in [0.4, 0.5) is 0 Å². The molecule has 29 heavy (non-hydrogen) atoms. The highest BCUT2D eigenvalue weighted by Gasteiger charge is 2.57. The molecule has 0 radical (unpaired) electrons. The molecule has 4 heteroatoms. The fourth-order valence-corrected chi connectivity index (χ4v) is 7.92. The lowest BCUT2D eigenvalue weighted by molar-refractivity contribution is -0.0489. The molecule has 2 saturated carbocycles. The number of fused-ring (bicyclic) bond motifs is 5. The average Bonchev–Trinajstić information content (AvgIpc) is 2.98. The monoisotopic (exact) mass is 418 g/mol. The summed E-state index contributed by atoms with van der Waals surface area (Å²) in [6.07, 6.45) is 10.7. The molecule has 0 amide bonds. The predicted molar refractivity (Wildman–Crippen MR) is 121 cm³/mol. The van der Waals surface area contributed by atoms with Gasteiger partial charge in [-0.3, -0.25) is 0 Å². The van der Waals surface area contributed by atoms with Crippen LogP contribution in [-0.2, 0) is 0 Å². The number of rotatable bonds is 4. The Hall–Kier alpha value is -0.550. The molecule has 0 spiro atoms. The number of aliphatic hydroxyl groups excluding tert-OH is 2. The molecular formula is C25H38O3S.